The summed E-state index contributed by atoms with van der Waals surface area (Å²) in [6.45, 7) is 1.65. The molecule has 12 heavy (non-hydrogen) atoms. The van der Waals surface area contributed by atoms with Gasteiger partial charge in [-0.15, -0.1) is 0 Å². The van der Waals surface area contributed by atoms with E-state index in [2.05, 4.69) is 4.74 Å². The van der Waals surface area contributed by atoms with Crippen LogP contribution in [0.15, 0.2) is 0 Å². The summed E-state index contributed by atoms with van der Waals surface area (Å²) in [5.41, 5.74) is -0.759. The Kier molecular flexibility index (Phi) is 2.13. The molecule has 1 aliphatic rings. The maximum absolute atomic E-state index is 10.6. The molecule has 1 N–H and O–H groups in total. The molecule has 1 rings (SSSR count). The molecular weight excluding hydrogens is 184 g/mol. The normalized spacial score (nSPS) is 30.3. The van der Waals surface area contributed by atoms with E-state index in [1.54, 1.807) is 6.92 Å². The Morgan fingerprint density at radius 3 is 2.58 bits per heavy atom. The Labute approximate surface area is 70.5 Å². The lowest BCUT2D eigenvalue weighted by molar-refractivity contribution is -0.137. The van der Waals surface area contributed by atoms with Crippen molar-refractivity contribution >= 4 is 16.1 Å². The van der Waals surface area contributed by atoms with Gasteiger partial charge in [-0.05, 0) is 0 Å². The zero-order valence-electron chi connectivity index (χ0n) is 6.61. The minimum atomic E-state index is -4.02. The maximum Gasteiger partial charge on any atom is 0.306 e. The van der Waals surface area contributed by atoms with Gasteiger partial charge in [-0.25, -0.2) is 0 Å². The molecule has 0 aromatic heterocycles. The average Bonchev–Trinajstić information content (AvgIpc) is 2.05. The lowest BCUT2D eigenvalue weighted by atomic mass is 9.93. The van der Waals surface area contributed by atoms with Gasteiger partial charge in [0.15, 0.2) is 0 Å². The van der Waals surface area contributed by atoms with E-state index >= 15 is 0 Å². The van der Waals surface area contributed by atoms with Crippen molar-refractivity contribution in [2.24, 2.45) is 5.41 Å². The second-order valence-electron chi connectivity index (χ2n) is 3.37. The highest BCUT2D eigenvalue weighted by Gasteiger charge is 2.39. The predicted octanol–water partition coefficient (Wildman–Crippen LogP) is -0.173. The maximum atomic E-state index is 10.6. The van der Waals surface area contributed by atoms with Crippen LogP contribution in [0.3, 0.4) is 0 Å². The van der Waals surface area contributed by atoms with Crippen molar-refractivity contribution < 1.29 is 22.5 Å². The van der Waals surface area contributed by atoms with Crippen LogP contribution in [0.5, 0.6) is 0 Å². The van der Waals surface area contributed by atoms with Crippen molar-refractivity contribution in [3.05, 3.63) is 0 Å². The quantitative estimate of drug-likeness (QED) is 0.487. The van der Waals surface area contributed by atoms with Crippen molar-refractivity contribution in [2.45, 2.75) is 13.3 Å². The summed E-state index contributed by atoms with van der Waals surface area (Å²) >= 11 is 0. The first-order chi connectivity index (χ1) is 5.31. The molecule has 0 amide bonds. The molecule has 1 fully saturated rings. The Bertz CT molecular complexity index is 293. The van der Waals surface area contributed by atoms with Crippen LogP contribution < -0.4 is 0 Å². The van der Waals surface area contributed by atoms with E-state index in [0.29, 0.717) is 0 Å². The third-order valence-electron chi connectivity index (χ3n) is 1.68. The van der Waals surface area contributed by atoms with Gasteiger partial charge in [0.05, 0.1) is 18.8 Å². The molecule has 70 valence electrons. The van der Waals surface area contributed by atoms with Crippen LogP contribution in [0.1, 0.15) is 13.3 Å². The van der Waals surface area contributed by atoms with E-state index < -0.39 is 27.3 Å². The van der Waals surface area contributed by atoms with Gasteiger partial charge >= 0.3 is 5.97 Å². The largest absolute Gasteiger partial charge is 0.465 e. The van der Waals surface area contributed by atoms with E-state index in [0.717, 1.165) is 0 Å². The fraction of sp³-hybridized carbons (Fsp3) is 0.833. The number of hydrogen-bond acceptors (Lipinski definition) is 4. The molecule has 1 unspecified atom stereocenters. The molecule has 6 heteroatoms. The van der Waals surface area contributed by atoms with Crippen LogP contribution in [-0.4, -0.2) is 31.3 Å². The molecule has 0 aromatic rings. The van der Waals surface area contributed by atoms with Crippen molar-refractivity contribution in [1.29, 1.82) is 0 Å². The van der Waals surface area contributed by atoms with E-state index in [9.17, 15) is 13.2 Å². The molecule has 1 aliphatic heterocycles. The summed E-state index contributed by atoms with van der Waals surface area (Å²) in [4.78, 5) is 10.6. The Morgan fingerprint density at radius 2 is 2.25 bits per heavy atom. The molecule has 0 aliphatic carbocycles. The van der Waals surface area contributed by atoms with Gasteiger partial charge in [-0.3, -0.25) is 9.35 Å². The van der Waals surface area contributed by atoms with Crippen LogP contribution in [0.25, 0.3) is 0 Å². The summed E-state index contributed by atoms with van der Waals surface area (Å²) in [6, 6.07) is 0. The first kappa shape index (κ1) is 9.47. The molecule has 1 atom stereocenters. The number of esters is 1. The van der Waals surface area contributed by atoms with E-state index in [4.69, 9.17) is 4.55 Å². The zero-order valence-corrected chi connectivity index (χ0v) is 7.43. The van der Waals surface area contributed by atoms with Crippen LogP contribution in [0.2, 0.25) is 0 Å². The predicted molar refractivity (Wildman–Crippen MR) is 40.1 cm³/mol. The molecule has 0 bridgehead atoms. The standard InChI is InChI=1S/C6H10O5S/c1-6(4-12(8,9)10)2-5(7)11-3-6/h2-4H2,1H3,(H,8,9,10). The second kappa shape index (κ2) is 2.70. The van der Waals surface area contributed by atoms with Crippen molar-refractivity contribution in [3.8, 4) is 0 Å². The first-order valence-electron chi connectivity index (χ1n) is 3.42. The summed E-state index contributed by atoms with van der Waals surface area (Å²) in [5, 5.41) is 0. The SMILES string of the molecule is CC1(CS(=O)(=O)O)COC(=O)C1. The fourth-order valence-electron chi connectivity index (χ4n) is 1.24. The highest BCUT2D eigenvalue weighted by atomic mass is 32.2. The minimum absolute atomic E-state index is 0.0484. The van der Waals surface area contributed by atoms with E-state index in [-0.39, 0.29) is 13.0 Å². The smallest absolute Gasteiger partial charge is 0.306 e. The highest BCUT2D eigenvalue weighted by Crippen LogP contribution is 2.29. The van der Waals surface area contributed by atoms with Gasteiger partial charge in [-0.2, -0.15) is 8.42 Å². The molecule has 1 saturated heterocycles. The summed E-state index contributed by atoms with van der Waals surface area (Å²) in [6.07, 6.45) is 0.0484. The van der Waals surface area contributed by atoms with Gasteiger partial charge in [0, 0.05) is 5.41 Å². The number of hydrogen-bond donors (Lipinski definition) is 1. The fourth-order valence-corrected chi connectivity index (χ4v) is 2.30. The van der Waals surface area contributed by atoms with Gasteiger partial charge in [0.2, 0.25) is 0 Å². The zero-order chi connectivity index (χ0) is 9.41. The molecule has 5 nitrogen and oxygen atoms in total. The summed E-state index contributed by atoms with van der Waals surface area (Å²) in [7, 11) is -4.02. The van der Waals surface area contributed by atoms with Crippen molar-refractivity contribution in [3.63, 3.8) is 0 Å². The van der Waals surface area contributed by atoms with Crippen molar-refractivity contribution in [2.75, 3.05) is 12.4 Å². The third-order valence-corrected chi connectivity index (χ3v) is 2.75. The number of rotatable bonds is 2. The van der Waals surface area contributed by atoms with Gasteiger partial charge in [-0.1, -0.05) is 6.92 Å². The number of carbonyl (C=O) groups is 1. The molecular formula is C6H10O5S. The summed E-state index contributed by atoms with van der Waals surface area (Å²) < 4.78 is 34.1. The minimum Gasteiger partial charge on any atom is -0.465 e. The van der Waals surface area contributed by atoms with Crippen LogP contribution in [-0.2, 0) is 19.6 Å². The molecule has 1 heterocycles. The lowest BCUT2D eigenvalue weighted by Gasteiger charge is -2.16. The van der Waals surface area contributed by atoms with Crippen LogP contribution in [0.4, 0.5) is 0 Å². The lowest BCUT2D eigenvalue weighted by Crippen LogP contribution is -2.27. The number of carbonyl (C=O) groups excluding carboxylic acids is 1. The third kappa shape index (κ3) is 2.46. The van der Waals surface area contributed by atoms with E-state index in [1.165, 1.54) is 0 Å². The summed E-state index contributed by atoms with van der Waals surface area (Å²) in [5.74, 6) is -0.840. The molecule has 0 aromatic carbocycles. The van der Waals surface area contributed by atoms with Gasteiger partial charge in [0.25, 0.3) is 10.1 Å². The Balaban J connectivity index is 2.69. The molecule has 0 saturated carbocycles. The monoisotopic (exact) mass is 194 g/mol. The highest BCUT2D eigenvalue weighted by molar-refractivity contribution is 7.85. The van der Waals surface area contributed by atoms with Crippen LogP contribution >= 0.6 is 0 Å². The second-order valence-corrected chi connectivity index (χ2v) is 4.83. The van der Waals surface area contributed by atoms with Crippen LogP contribution in [0, 0.1) is 5.41 Å². The van der Waals surface area contributed by atoms with Gasteiger partial charge in [0.1, 0.15) is 0 Å². The number of cyclic esters (lactones) is 1. The van der Waals surface area contributed by atoms with Crippen molar-refractivity contribution in [1.82, 2.24) is 0 Å². The van der Waals surface area contributed by atoms with E-state index in [1.807, 2.05) is 0 Å². The Hall–Kier alpha value is -0.620. The number of ether oxygens (including phenoxy) is 1. The Morgan fingerprint density at radius 1 is 1.67 bits per heavy atom. The topological polar surface area (TPSA) is 80.7 Å². The van der Waals surface area contributed by atoms with Gasteiger partial charge < -0.3 is 4.74 Å². The molecule has 0 radical (unpaired) electrons. The average molecular weight is 194 g/mol. The first-order valence-corrected chi connectivity index (χ1v) is 5.02. The molecule has 0 spiro atoms.